The first-order chi connectivity index (χ1) is 11.2. The standard InChI is InChI=1S/C16H21N5O2/c1-22-8-13-18-7-12(15(17)19-13)16-20-14(23-21-16)6-11(9-2-3-9)10-4-5-10/h7,9-11H,2-6,8H2,1H3,(H2,17,18,19). The highest BCUT2D eigenvalue weighted by Gasteiger charge is 2.42. The number of rotatable bonds is 7. The van der Waals surface area contributed by atoms with Gasteiger partial charge < -0.3 is 15.0 Å². The minimum Gasteiger partial charge on any atom is -0.383 e. The lowest BCUT2D eigenvalue weighted by Crippen LogP contribution is -2.09. The smallest absolute Gasteiger partial charge is 0.227 e. The SMILES string of the molecule is COCc1ncc(-c2noc(CC(C3CC3)C3CC3)n2)c(N)n1. The van der Waals surface area contributed by atoms with Crippen molar-refractivity contribution in [1.29, 1.82) is 0 Å². The molecule has 2 aliphatic rings. The van der Waals surface area contributed by atoms with Gasteiger partial charge in [-0.15, -0.1) is 0 Å². The van der Waals surface area contributed by atoms with E-state index in [1.165, 1.54) is 25.7 Å². The predicted octanol–water partition coefficient (Wildman–Crippen LogP) is 2.23. The lowest BCUT2D eigenvalue weighted by molar-refractivity contribution is 0.178. The van der Waals surface area contributed by atoms with Gasteiger partial charge in [0.1, 0.15) is 12.4 Å². The van der Waals surface area contributed by atoms with Crippen molar-refractivity contribution in [1.82, 2.24) is 20.1 Å². The van der Waals surface area contributed by atoms with Gasteiger partial charge in [-0.2, -0.15) is 4.98 Å². The molecule has 0 aromatic carbocycles. The molecular weight excluding hydrogens is 294 g/mol. The first-order valence-corrected chi connectivity index (χ1v) is 8.18. The van der Waals surface area contributed by atoms with Crippen LogP contribution in [0.4, 0.5) is 5.82 Å². The Balaban J connectivity index is 1.51. The summed E-state index contributed by atoms with van der Waals surface area (Å²) < 4.78 is 10.4. The van der Waals surface area contributed by atoms with Crippen molar-refractivity contribution in [3.05, 3.63) is 17.9 Å². The van der Waals surface area contributed by atoms with E-state index in [4.69, 9.17) is 15.0 Å². The van der Waals surface area contributed by atoms with Gasteiger partial charge in [-0.25, -0.2) is 9.97 Å². The number of nitrogens with two attached hydrogens (primary N) is 1. The third-order valence-electron chi connectivity index (χ3n) is 4.72. The van der Waals surface area contributed by atoms with Gasteiger partial charge in [0.15, 0.2) is 5.82 Å². The van der Waals surface area contributed by atoms with E-state index in [0.717, 1.165) is 18.3 Å². The average Bonchev–Trinajstić information content (AvgIpc) is 3.45. The van der Waals surface area contributed by atoms with Crippen molar-refractivity contribution < 1.29 is 9.26 Å². The van der Waals surface area contributed by atoms with E-state index in [1.807, 2.05) is 0 Å². The van der Waals surface area contributed by atoms with Gasteiger partial charge in [-0.05, 0) is 43.4 Å². The van der Waals surface area contributed by atoms with Crippen molar-refractivity contribution >= 4 is 5.82 Å². The molecule has 2 fully saturated rings. The van der Waals surface area contributed by atoms with Gasteiger partial charge in [0, 0.05) is 19.7 Å². The fourth-order valence-corrected chi connectivity index (χ4v) is 3.22. The molecule has 0 aliphatic heterocycles. The molecule has 7 heteroatoms. The molecule has 0 radical (unpaired) electrons. The Hall–Kier alpha value is -2.02. The molecule has 0 spiro atoms. The van der Waals surface area contributed by atoms with Crippen LogP contribution in [0.1, 0.15) is 37.4 Å². The van der Waals surface area contributed by atoms with E-state index in [2.05, 4.69) is 20.1 Å². The van der Waals surface area contributed by atoms with Gasteiger partial charge in [0.05, 0.1) is 5.56 Å². The summed E-state index contributed by atoms with van der Waals surface area (Å²) in [6, 6.07) is 0. The molecule has 0 bridgehead atoms. The summed E-state index contributed by atoms with van der Waals surface area (Å²) in [4.78, 5) is 12.9. The Bertz CT molecular complexity index is 682. The summed E-state index contributed by atoms with van der Waals surface area (Å²) in [6.45, 7) is 0.326. The average molecular weight is 315 g/mol. The van der Waals surface area contributed by atoms with Gasteiger partial charge in [0.2, 0.25) is 11.7 Å². The summed E-state index contributed by atoms with van der Waals surface area (Å²) in [7, 11) is 1.59. The molecule has 0 amide bonds. The highest BCUT2D eigenvalue weighted by atomic mass is 16.5. The summed E-state index contributed by atoms with van der Waals surface area (Å²) in [5.74, 6) is 4.48. The molecule has 2 saturated carbocycles. The highest BCUT2D eigenvalue weighted by molar-refractivity contribution is 5.66. The van der Waals surface area contributed by atoms with Gasteiger partial charge in [0.25, 0.3) is 0 Å². The topological polar surface area (TPSA) is 100.0 Å². The molecule has 2 aromatic rings. The largest absolute Gasteiger partial charge is 0.383 e. The number of hydrogen-bond donors (Lipinski definition) is 1. The Labute approximate surface area is 134 Å². The monoisotopic (exact) mass is 315 g/mol. The maximum absolute atomic E-state index is 5.98. The lowest BCUT2D eigenvalue weighted by atomic mass is 9.94. The molecule has 23 heavy (non-hydrogen) atoms. The minimum atomic E-state index is 0.326. The number of anilines is 1. The van der Waals surface area contributed by atoms with Crippen LogP contribution in [0.3, 0.4) is 0 Å². The van der Waals surface area contributed by atoms with Crippen molar-refractivity contribution in [2.45, 2.75) is 38.7 Å². The number of methoxy groups -OCH3 is 1. The zero-order valence-corrected chi connectivity index (χ0v) is 13.2. The summed E-state index contributed by atoms with van der Waals surface area (Å²) in [5, 5.41) is 4.06. The second kappa shape index (κ2) is 5.88. The second-order valence-corrected chi connectivity index (χ2v) is 6.57. The van der Waals surface area contributed by atoms with Crippen LogP contribution >= 0.6 is 0 Å². The number of nitrogens with zero attached hydrogens (tertiary/aromatic N) is 4. The predicted molar refractivity (Wildman–Crippen MR) is 83.1 cm³/mol. The first-order valence-electron chi connectivity index (χ1n) is 8.18. The van der Waals surface area contributed by atoms with Crippen LogP contribution in [0.5, 0.6) is 0 Å². The number of aromatic nitrogens is 4. The van der Waals surface area contributed by atoms with Crippen LogP contribution in [-0.4, -0.2) is 27.2 Å². The molecular formula is C16H21N5O2. The fraction of sp³-hybridized carbons (Fsp3) is 0.625. The molecule has 2 aromatic heterocycles. The molecule has 7 nitrogen and oxygen atoms in total. The third kappa shape index (κ3) is 3.19. The summed E-state index contributed by atoms with van der Waals surface area (Å²) in [6.07, 6.45) is 7.91. The van der Waals surface area contributed by atoms with Crippen LogP contribution in [0.15, 0.2) is 10.7 Å². The van der Waals surface area contributed by atoms with Gasteiger partial charge >= 0.3 is 0 Å². The Morgan fingerprint density at radius 1 is 1.26 bits per heavy atom. The van der Waals surface area contributed by atoms with Crippen molar-refractivity contribution in [3.8, 4) is 11.4 Å². The number of hydrogen-bond acceptors (Lipinski definition) is 7. The first kappa shape index (κ1) is 14.6. The fourth-order valence-electron chi connectivity index (χ4n) is 3.22. The molecule has 0 unspecified atom stereocenters. The van der Waals surface area contributed by atoms with Crippen LogP contribution in [0.2, 0.25) is 0 Å². The number of ether oxygens (including phenoxy) is 1. The Morgan fingerprint density at radius 2 is 2.00 bits per heavy atom. The molecule has 2 aliphatic carbocycles. The summed E-state index contributed by atoms with van der Waals surface area (Å²) >= 11 is 0. The minimum absolute atomic E-state index is 0.326. The van der Waals surface area contributed by atoms with Crippen molar-refractivity contribution in [2.24, 2.45) is 17.8 Å². The van der Waals surface area contributed by atoms with E-state index < -0.39 is 0 Å². The summed E-state index contributed by atoms with van der Waals surface area (Å²) in [5.41, 5.74) is 6.59. The Morgan fingerprint density at radius 3 is 2.61 bits per heavy atom. The normalized spacial score (nSPS) is 17.8. The zero-order chi connectivity index (χ0) is 15.8. The van der Waals surface area contributed by atoms with E-state index in [9.17, 15) is 0 Å². The van der Waals surface area contributed by atoms with Crippen molar-refractivity contribution in [3.63, 3.8) is 0 Å². The molecule has 122 valence electrons. The van der Waals surface area contributed by atoms with E-state index in [0.29, 0.717) is 41.4 Å². The van der Waals surface area contributed by atoms with Crippen molar-refractivity contribution in [2.75, 3.05) is 12.8 Å². The molecule has 4 rings (SSSR count). The number of nitrogen functional groups attached to an aromatic ring is 1. The molecule has 2 N–H and O–H groups in total. The van der Waals surface area contributed by atoms with Crippen LogP contribution in [0.25, 0.3) is 11.4 Å². The Kier molecular flexibility index (Phi) is 3.72. The second-order valence-electron chi connectivity index (χ2n) is 6.57. The molecule has 0 atom stereocenters. The molecule has 2 heterocycles. The van der Waals surface area contributed by atoms with Crippen LogP contribution in [-0.2, 0) is 17.8 Å². The van der Waals surface area contributed by atoms with Crippen LogP contribution < -0.4 is 5.73 Å². The maximum atomic E-state index is 5.98. The molecule has 0 saturated heterocycles. The van der Waals surface area contributed by atoms with Gasteiger partial charge in [-0.3, -0.25) is 0 Å². The van der Waals surface area contributed by atoms with Crippen LogP contribution in [0, 0.1) is 17.8 Å². The maximum Gasteiger partial charge on any atom is 0.227 e. The third-order valence-corrected chi connectivity index (χ3v) is 4.72. The quantitative estimate of drug-likeness (QED) is 0.836. The van der Waals surface area contributed by atoms with E-state index >= 15 is 0 Å². The zero-order valence-electron chi connectivity index (χ0n) is 13.2. The lowest BCUT2D eigenvalue weighted by Gasteiger charge is -2.11. The van der Waals surface area contributed by atoms with E-state index in [1.54, 1.807) is 13.3 Å². The van der Waals surface area contributed by atoms with E-state index in [-0.39, 0.29) is 0 Å². The van der Waals surface area contributed by atoms with Gasteiger partial charge in [-0.1, -0.05) is 5.16 Å². The highest BCUT2D eigenvalue weighted by Crippen LogP contribution is 2.50.